The molecular formula is C19H16N4O2. The summed E-state index contributed by atoms with van der Waals surface area (Å²) < 4.78 is 2.97. The van der Waals surface area contributed by atoms with Gasteiger partial charge in [-0.15, -0.1) is 0 Å². The molecule has 0 N–H and O–H groups in total. The molecular weight excluding hydrogens is 316 g/mol. The van der Waals surface area contributed by atoms with E-state index in [1.807, 2.05) is 66.1 Å². The molecule has 0 spiro atoms. The molecule has 2 heterocycles. The summed E-state index contributed by atoms with van der Waals surface area (Å²) in [6.07, 6.45) is 0.675. The fourth-order valence-electron chi connectivity index (χ4n) is 3.01. The van der Waals surface area contributed by atoms with Crippen LogP contribution in [0.1, 0.15) is 13.3 Å². The second kappa shape index (κ2) is 5.98. The zero-order valence-corrected chi connectivity index (χ0v) is 13.7. The van der Waals surface area contributed by atoms with Crippen LogP contribution in [0, 0.1) is 0 Å². The minimum absolute atomic E-state index is 0.204. The number of rotatable bonds is 3. The number of hydrogen-bond donors (Lipinski definition) is 0. The van der Waals surface area contributed by atoms with Crippen LogP contribution in [-0.2, 0) is 6.54 Å². The molecule has 0 amide bonds. The molecule has 0 bridgehead atoms. The van der Waals surface area contributed by atoms with Gasteiger partial charge in [-0.3, -0.25) is 13.9 Å². The Balaban J connectivity index is 2.21. The van der Waals surface area contributed by atoms with Gasteiger partial charge in [-0.2, -0.15) is 4.98 Å². The van der Waals surface area contributed by atoms with Gasteiger partial charge in [0.15, 0.2) is 11.5 Å². The summed E-state index contributed by atoms with van der Waals surface area (Å²) in [5.41, 5.74) is 1.56. The molecule has 0 radical (unpaired) electrons. The van der Waals surface area contributed by atoms with Gasteiger partial charge in [0.25, 0.3) is 5.56 Å². The van der Waals surface area contributed by atoms with Gasteiger partial charge in [0.2, 0.25) is 0 Å². The first kappa shape index (κ1) is 15.3. The maximum atomic E-state index is 12.8. The van der Waals surface area contributed by atoms with Crippen LogP contribution < -0.4 is 11.2 Å². The lowest BCUT2D eigenvalue weighted by Crippen LogP contribution is -2.38. The molecule has 6 nitrogen and oxygen atoms in total. The van der Waals surface area contributed by atoms with Gasteiger partial charge in [-0.05, 0) is 30.7 Å². The van der Waals surface area contributed by atoms with E-state index in [-0.39, 0.29) is 11.5 Å². The molecule has 0 unspecified atom stereocenters. The number of para-hydroxylation sites is 3. The van der Waals surface area contributed by atoms with E-state index < -0.39 is 11.2 Å². The molecule has 25 heavy (non-hydrogen) atoms. The van der Waals surface area contributed by atoms with Crippen molar-refractivity contribution >= 4 is 11.0 Å². The van der Waals surface area contributed by atoms with E-state index >= 15 is 0 Å². The summed E-state index contributed by atoms with van der Waals surface area (Å²) in [5.74, 6) is 0.284. The van der Waals surface area contributed by atoms with Crippen LogP contribution in [0.5, 0.6) is 0 Å². The molecule has 0 saturated heterocycles. The second-order valence-corrected chi connectivity index (χ2v) is 5.79. The summed E-state index contributed by atoms with van der Waals surface area (Å²) in [6, 6.07) is 17.1. The first-order valence-electron chi connectivity index (χ1n) is 8.18. The zero-order chi connectivity index (χ0) is 17.4. The summed E-state index contributed by atoms with van der Waals surface area (Å²) in [4.78, 5) is 33.9. The maximum absolute atomic E-state index is 12.8. The Bertz CT molecular complexity index is 1150. The van der Waals surface area contributed by atoms with Crippen molar-refractivity contribution in [3.63, 3.8) is 0 Å². The Hall–Kier alpha value is -3.28. The highest BCUT2D eigenvalue weighted by atomic mass is 16.2. The van der Waals surface area contributed by atoms with Crippen LogP contribution in [-0.4, -0.2) is 19.1 Å². The van der Waals surface area contributed by atoms with Crippen molar-refractivity contribution in [2.24, 2.45) is 0 Å². The van der Waals surface area contributed by atoms with Crippen LogP contribution >= 0.6 is 0 Å². The number of nitrogens with zero attached hydrogens (tertiary/aromatic N) is 4. The lowest BCUT2D eigenvalue weighted by atomic mass is 10.2. The maximum Gasteiger partial charge on any atom is 0.352 e. The van der Waals surface area contributed by atoms with Crippen molar-refractivity contribution in [2.45, 2.75) is 19.9 Å². The molecule has 0 aromatic heterocycles. The highest BCUT2D eigenvalue weighted by molar-refractivity contribution is 5.81. The fourth-order valence-corrected chi connectivity index (χ4v) is 3.01. The third-order valence-corrected chi connectivity index (χ3v) is 4.12. The largest absolute Gasteiger partial charge is 0.352 e. The van der Waals surface area contributed by atoms with Crippen LogP contribution in [0.4, 0.5) is 0 Å². The normalized spacial score (nSPS) is 11.2. The monoisotopic (exact) mass is 332 g/mol. The van der Waals surface area contributed by atoms with Crippen molar-refractivity contribution in [2.75, 3.05) is 0 Å². The second-order valence-electron chi connectivity index (χ2n) is 5.79. The molecule has 2 aromatic rings. The van der Waals surface area contributed by atoms with Gasteiger partial charge < -0.3 is 0 Å². The Labute approximate surface area is 143 Å². The Morgan fingerprint density at radius 3 is 2.40 bits per heavy atom. The number of hydrogen-bond acceptors (Lipinski definition) is 4. The van der Waals surface area contributed by atoms with Crippen molar-refractivity contribution < 1.29 is 0 Å². The first-order chi connectivity index (χ1) is 12.2. The standard InChI is InChI=1S/C19H16N4O2/c1-2-12-22-18(24)16-17(21-19(22)25)23(13-8-4-3-5-9-13)15-11-7-6-10-14(15)20-16/h3-11H,2,12H2,1H3. The van der Waals surface area contributed by atoms with Crippen molar-refractivity contribution in [1.82, 2.24) is 19.1 Å². The van der Waals surface area contributed by atoms with Crippen molar-refractivity contribution in [3.8, 4) is 17.2 Å². The van der Waals surface area contributed by atoms with Gasteiger partial charge in [-0.1, -0.05) is 37.3 Å². The zero-order valence-electron chi connectivity index (χ0n) is 13.7. The molecule has 124 valence electrons. The molecule has 2 aliphatic rings. The van der Waals surface area contributed by atoms with Gasteiger partial charge in [0, 0.05) is 12.2 Å². The summed E-state index contributed by atoms with van der Waals surface area (Å²) >= 11 is 0. The average molecular weight is 332 g/mol. The molecule has 0 aliphatic carbocycles. The summed E-state index contributed by atoms with van der Waals surface area (Å²) in [7, 11) is 0. The first-order valence-corrected chi connectivity index (χ1v) is 8.18. The van der Waals surface area contributed by atoms with E-state index in [0.29, 0.717) is 18.5 Å². The van der Waals surface area contributed by atoms with E-state index in [1.165, 1.54) is 0 Å². The molecule has 0 fully saturated rings. The fraction of sp³-hybridized carbons (Fsp3) is 0.158. The van der Waals surface area contributed by atoms with E-state index in [2.05, 4.69) is 9.97 Å². The van der Waals surface area contributed by atoms with Gasteiger partial charge >= 0.3 is 5.69 Å². The van der Waals surface area contributed by atoms with Gasteiger partial charge in [0.1, 0.15) is 0 Å². The third-order valence-electron chi connectivity index (χ3n) is 4.12. The molecule has 0 atom stereocenters. The Morgan fingerprint density at radius 2 is 1.64 bits per heavy atom. The predicted octanol–water partition coefficient (Wildman–Crippen LogP) is 2.46. The molecule has 0 saturated carbocycles. The quantitative estimate of drug-likeness (QED) is 0.540. The lowest BCUT2D eigenvalue weighted by molar-refractivity contribution is 0.611. The van der Waals surface area contributed by atoms with Crippen molar-refractivity contribution in [1.29, 1.82) is 0 Å². The number of aromatic nitrogens is 4. The van der Waals surface area contributed by atoms with E-state index in [1.54, 1.807) is 0 Å². The third kappa shape index (κ3) is 2.42. The van der Waals surface area contributed by atoms with Crippen molar-refractivity contribution in [3.05, 3.63) is 75.4 Å². The van der Waals surface area contributed by atoms with E-state index in [9.17, 15) is 9.59 Å². The highest BCUT2D eigenvalue weighted by Gasteiger charge is 2.21. The van der Waals surface area contributed by atoms with Crippen LogP contribution in [0.15, 0.2) is 64.2 Å². The smallest absolute Gasteiger partial charge is 0.291 e. The highest BCUT2D eigenvalue weighted by Crippen LogP contribution is 2.24. The van der Waals surface area contributed by atoms with Gasteiger partial charge in [0.05, 0.1) is 11.0 Å². The molecule has 4 rings (SSSR count). The predicted molar refractivity (Wildman–Crippen MR) is 96.3 cm³/mol. The van der Waals surface area contributed by atoms with Crippen LogP contribution in [0.3, 0.4) is 0 Å². The Kier molecular flexibility index (Phi) is 3.65. The number of benzene rings is 2. The van der Waals surface area contributed by atoms with E-state index in [0.717, 1.165) is 15.8 Å². The lowest BCUT2D eigenvalue weighted by Gasteiger charge is -2.17. The summed E-state index contributed by atoms with van der Waals surface area (Å²) in [5, 5.41) is 0. The average Bonchev–Trinajstić information content (AvgIpc) is 2.64. The molecule has 2 aliphatic heterocycles. The SMILES string of the molecule is CCCn1c(=O)nc2n(-c3ccccc3)c3ccccc3nc-2c1=O. The molecule has 6 heteroatoms. The van der Waals surface area contributed by atoms with Crippen LogP contribution in [0.25, 0.3) is 28.2 Å². The van der Waals surface area contributed by atoms with Gasteiger partial charge in [-0.25, -0.2) is 9.78 Å². The number of fused-ring (bicyclic) bond motifs is 2. The Morgan fingerprint density at radius 1 is 0.920 bits per heavy atom. The molecule has 2 aromatic carbocycles. The summed E-state index contributed by atoms with van der Waals surface area (Å²) in [6.45, 7) is 2.24. The minimum Gasteiger partial charge on any atom is -0.291 e. The minimum atomic E-state index is -0.541. The topological polar surface area (TPSA) is 69.8 Å². The van der Waals surface area contributed by atoms with E-state index in [4.69, 9.17) is 0 Å². The van der Waals surface area contributed by atoms with Crippen LogP contribution in [0.2, 0.25) is 0 Å².